The predicted molar refractivity (Wildman–Crippen MR) is 38.6 cm³/mol. The molecule has 12 heavy (non-hydrogen) atoms. The summed E-state index contributed by atoms with van der Waals surface area (Å²) in [5, 5.41) is 8.53. The summed E-state index contributed by atoms with van der Waals surface area (Å²) < 4.78 is 5.09. The van der Waals surface area contributed by atoms with Crippen LogP contribution in [0.1, 0.15) is 19.3 Å². The molecular weight excluding hydrogens is 160 g/mol. The molecule has 0 aromatic heterocycles. The van der Waals surface area contributed by atoms with Crippen LogP contribution in [0.4, 0.5) is 0 Å². The Morgan fingerprint density at radius 1 is 1.67 bits per heavy atom. The lowest BCUT2D eigenvalue weighted by molar-refractivity contribution is -0.138. The minimum atomic E-state index is -0.802. The maximum absolute atomic E-state index is 11.0. The van der Waals surface area contributed by atoms with E-state index >= 15 is 0 Å². The second-order valence-corrected chi connectivity index (χ2v) is 3.38. The fourth-order valence-electron chi connectivity index (χ4n) is 1.82. The van der Waals surface area contributed by atoms with Gasteiger partial charge >= 0.3 is 5.97 Å². The van der Waals surface area contributed by atoms with Crippen molar-refractivity contribution in [3.05, 3.63) is 0 Å². The summed E-state index contributed by atoms with van der Waals surface area (Å²) in [6, 6.07) is 0. The van der Waals surface area contributed by atoms with E-state index < -0.39 is 5.97 Å². The normalized spacial score (nSPS) is 39.0. The van der Waals surface area contributed by atoms with Crippen LogP contribution in [0, 0.1) is 5.92 Å². The van der Waals surface area contributed by atoms with Gasteiger partial charge in [0, 0.05) is 6.42 Å². The van der Waals surface area contributed by atoms with Crippen molar-refractivity contribution >= 4 is 11.8 Å². The van der Waals surface area contributed by atoms with Crippen molar-refractivity contribution in [2.75, 3.05) is 0 Å². The van der Waals surface area contributed by atoms with Crippen molar-refractivity contribution in [1.29, 1.82) is 0 Å². The van der Waals surface area contributed by atoms with E-state index in [-0.39, 0.29) is 30.3 Å². The summed E-state index contributed by atoms with van der Waals surface area (Å²) in [5.74, 6) is -0.601. The average molecular weight is 170 g/mol. The van der Waals surface area contributed by atoms with E-state index in [1.54, 1.807) is 0 Å². The molecular formula is C8H10O4. The zero-order chi connectivity index (χ0) is 8.72. The Labute approximate surface area is 69.5 Å². The molecule has 4 heteroatoms. The van der Waals surface area contributed by atoms with Crippen molar-refractivity contribution in [2.45, 2.75) is 31.5 Å². The Morgan fingerprint density at radius 2 is 2.42 bits per heavy atom. The van der Waals surface area contributed by atoms with Crippen LogP contribution in [0.25, 0.3) is 0 Å². The highest BCUT2D eigenvalue weighted by Crippen LogP contribution is 2.40. The number of ketones is 1. The summed E-state index contributed by atoms with van der Waals surface area (Å²) >= 11 is 0. The van der Waals surface area contributed by atoms with E-state index in [4.69, 9.17) is 9.84 Å². The van der Waals surface area contributed by atoms with Gasteiger partial charge in [0.2, 0.25) is 0 Å². The van der Waals surface area contributed by atoms with Crippen molar-refractivity contribution in [3.63, 3.8) is 0 Å². The Kier molecular flexibility index (Phi) is 1.65. The lowest BCUT2D eigenvalue weighted by atomic mass is 9.86. The van der Waals surface area contributed by atoms with Gasteiger partial charge < -0.3 is 9.84 Å². The number of carboxylic acids is 1. The van der Waals surface area contributed by atoms with Crippen molar-refractivity contribution < 1.29 is 19.4 Å². The Balaban J connectivity index is 1.94. The lowest BCUT2D eigenvalue weighted by Gasteiger charge is -2.14. The highest BCUT2D eigenvalue weighted by Gasteiger charge is 2.52. The van der Waals surface area contributed by atoms with Gasteiger partial charge in [0.15, 0.2) is 5.78 Å². The van der Waals surface area contributed by atoms with Gasteiger partial charge in [-0.2, -0.15) is 0 Å². The summed E-state index contributed by atoms with van der Waals surface area (Å²) in [5.41, 5.74) is 0. The van der Waals surface area contributed by atoms with Crippen LogP contribution in [0.5, 0.6) is 0 Å². The molecule has 4 nitrogen and oxygen atoms in total. The molecule has 1 saturated carbocycles. The molecule has 0 spiro atoms. The SMILES string of the molecule is O=C(O)C[C@@H]1CCC(=O)[C@H]2O[C@@H]12. The number of carbonyl (C=O) groups excluding carboxylic acids is 1. The molecule has 1 N–H and O–H groups in total. The topological polar surface area (TPSA) is 66.9 Å². The fourth-order valence-corrected chi connectivity index (χ4v) is 1.82. The fraction of sp³-hybridized carbons (Fsp3) is 0.750. The summed E-state index contributed by atoms with van der Waals surface area (Å²) in [7, 11) is 0. The molecule has 2 aliphatic rings. The highest BCUT2D eigenvalue weighted by atomic mass is 16.6. The quantitative estimate of drug-likeness (QED) is 0.601. The first-order valence-electron chi connectivity index (χ1n) is 4.08. The van der Waals surface area contributed by atoms with Crippen LogP contribution in [-0.2, 0) is 14.3 Å². The second kappa shape index (κ2) is 2.55. The average Bonchev–Trinajstić information content (AvgIpc) is 2.73. The van der Waals surface area contributed by atoms with E-state index in [1.807, 2.05) is 0 Å². The number of hydrogen-bond donors (Lipinski definition) is 1. The molecule has 1 aliphatic carbocycles. The standard InChI is InChI=1S/C8H10O4/c9-5-2-1-4(3-6(10)11)7-8(5)12-7/h4,7-8H,1-3H2,(H,10,11)/t4-,7-,8+/m0/s1. The molecule has 1 heterocycles. The van der Waals surface area contributed by atoms with Gasteiger partial charge in [-0.05, 0) is 12.3 Å². The molecule has 0 aromatic rings. The van der Waals surface area contributed by atoms with Crippen LogP contribution in [0.15, 0.2) is 0 Å². The Bertz CT molecular complexity index is 235. The van der Waals surface area contributed by atoms with Gasteiger partial charge in [-0.25, -0.2) is 0 Å². The van der Waals surface area contributed by atoms with Crippen LogP contribution < -0.4 is 0 Å². The first-order valence-corrected chi connectivity index (χ1v) is 4.08. The number of carboxylic acid groups (broad SMARTS) is 1. The molecule has 1 aliphatic heterocycles. The first-order chi connectivity index (χ1) is 5.68. The molecule has 2 rings (SSSR count). The number of ether oxygens (including phenoxy) is 1. The maximum atomic E-state index is 11.0. The molecule has 3 atom stereocenters. The number of Topliss-reactive ketones (excluding diaryl/α,β-unsaturated/α-hetero) is 1. The molecule has 0 radical (unpaired) electrons. The highest BCUT2D eigenvalue weighted by molar-refractivity contribution is 5.87. The zero-order valence-corrected chi connectivity index (χ0v) is 6.53. The van der Waals surface area contributed by atoms with Gasteiger partial charge in [0.25, 0.3) is 0 Å². The van der Waals surface area contributed by atoms with Crippen LogP contribution in [-0.4, -0.2) is 29.1 Å². The van der Waals surface area contributed by atoms with Gasteiger partial charge in [0.05, 0.1) is 12.5 Å². The maximum Gasteiger partial charge on any atom is 0.303 e. The van der Waals surface area contributed by atoms with Crippen LogP contribution >= 0.6 is 0 Å². The monoisotopic (exact) mass is 170 g/mol. The van der Waals surface area contributed by atoms with E-state index in [9.17, 15) is 9.59 Å². The Hall–Kier alpha value is -0.900. The molecule has 0 aromatic carbocycles. The smallest absolute Gasteiger partial charge is 0.303 e. The van der Waals surface area contributed by atoms with E-state index in [1.165, 1.54) is 0 Å². The zero-order valence-electron chi connectivity index (χ0n) is 6.53. The molecule has 2 fully saturated rings. The van der Waals surface area contributed by atoms with Crippen LogP contribution in [0.2, 0.25) is 0 Å². The minimum absolute atomic E-state index is 0.0604. The Morgan fingerprint density at radius 3 is 3.08 bits per heavy atom. The van der Waals surface area contributed by atoms with Gasteiger partial charge in [-0.15, -0.1) is 0 Å². The lowest BCUT2D eigenvalue weighted by Crippen LogP contribution is -2.25. The number of epoxide rings is 1. The number of rotatable bonds is 2. The van der Waals surface area contributed by atoms with Crippen LogP contribution in [0.3, 0.4) is 0 Å². The first kappa shape index (κ1) is 7.73. The summed E-state index contributed by atoms with van der Waals surface area (Å²) in [6.45, 7) is 0. The molecule has 0 amide bonds. The second-order valence-electron chi connectivity index (χ2n) is 3.38. The number of hydrogen-bond acceptors (Lipinski definition) is 3. The van der Waals surface area contributed by atoms with E-state index in [2.05, 4.69) is 0 Å². The van der Waals surface area contributed by atoms with Gasteiger partial charge in [0.1, 0.15) is 6.10 Å². The summed E-state index contributed by atoms with van der Waals surface area (Å²) in [6.07, 6.45) is 0.949. The molecule has 66 valence electrons. The number of fused-ring (bicyclic) bond motifs is 1. The third-order valence-corrected chi connectivity index (χ3v) is 2.51. The molecule has 0 unspecified atom stereocenters. The summed E-state index contributed by atoms with van der Waals surface area (Å²) in [4.78, 5) is 21.4. The largest absolute Gasteiger partial charge is 0.481 e. The molecule has 0 bridgehead atoms. The van der Waals surface area contributed by atoms with Crippen molar-refractivity contribution in [1.82, 2.24) is 0 Å². The third-order valence-electron chi connectivity index (χ3n) is 2.51. The van der Waals surface area contributed by atoms with E-state index in [0.29, 0.717) is 12.8 Å². The van der Waals surface area contributed by atoms with Crippen molar-refractivity contribution in [3.8, 4) is 0 Å². The number of carbonyl (C=O) groups is 2. The number of aliphatic carboxylic acids is 1. The minimum Gasteiger partial charge on any atom is -0.481 e. The third kappa shape index (κ3) is 1.22. The van der Waals surface area contributed by atoms with Gasteiger partial charge in [-0.3, -0.25) is 9.59 Å². The molecule has 1 saturated heterocycles. The van der Waals surface area contributed by atoms with E-state index in [0.717, 1.165) is 0 Å². The van der Waals surface area contributed by atoms with Gasteiger partial charge in [-0.1, -0.05) is 0 Å². The van der Waals surface area contributed by atoms with Crippen molar-refractivity contribution in [2.24, 2.45) is 5.92 Å². The predicted octanol–water partition coefficient (Wildman–Crippen LogP) is 0.208.